The number of amides is 1. The summed E-state index contributed by atoms with van der Waals surface area (Å²) in [5, 5.41) is 11.6. The third-order valence-electron chi connectivity index (χ3n) is 2.93. The van der Waals surface area contributed by atoms with Crippen molar-refractivity contribution in [3.05, 3.63) is 29.8 Å². The fourth-order valence-electron chi connectivity index (χ4n) is 1.98. The van der Waals surface area contributed by atoms with E-state index in [4.69, 9.17) is 5.26 Å². The van der Waals surface area contributed by atoms with Gasteiger partial charge in [0.25, 0.3) is 0 Å². The number of carbonyl (C=O) groups excluding carboxylic acids is 1. The molecule has 1 N–H and O–H groups in total. The van der Waals surface area contributed by atoms with Crippen molar-refractivity contribution < 1.29 is 4.79 Å². The second-order valence-electron chi connectivity index (χ2n) is 4.45. The van der Waals surface area contributed by atoms with Crippen LogP contribution in [0.4, 0.5) is 5.69 Å². The Balaban J connectivity index is 2.63. The van der Waals surface area contributed by atoms with Gasteiger partial charge in [0.2, 0.25) is 5.91 Å². The standard InChI is InChI=1S/C15H20N2O/c1-3-5-13(6-4-2)15(18)17-14-9-7-12(11-16)8-10-14/h7-10,13H,3-6H2,1-2H3,(H,17,18). The summed E-state index contributed by atoms with van der Waals surface area (Å²) in [4.78, 5) is 12.1. The average Bonchev–Trinajstić information content (AvgIpc) is 2.39. The first-order valence-electron chi connectivity index (χ1n) is 6.52. The highest BCUT2D eigenvalue weighted by Gasteiger charge is 2.16. The lowest BCUT2D eigenvalue weighted by Gasteiger charge is -2.15. The van der Waals surface area contributed by atoms with E-state index >= 15 is 0 Å². The molecule has 0 aliphatic rings. The van der Waals surface area contributed by atoms with Crippen molar-refractivity contribution in [3.63, 3.8) is 0 Å². The normalized spacial score (nSPS) is 10.1. The lowest BCUT2D eigenvalue weighted by molar-refractivity contribution is -0.120. The number of hydrogen-bond donors (Lipinski definition) is 1. The lowest BCUT2D eigenvalue weighted by Crippen LogP contribution is -2.22. The third-order valence-corrected chi connectivity index (χ3v) is 2.93. The summed E-state index contributed by atoms with van der Waals surface area (Å²) < 4.78 is 0. The molecule has 0 saturated heterocycles. The molecule has 0 bridgehead atoms. The van der Waals surface area contributed by atoms with Gasteiger partial charge in [-0.3, -0.25) is 4.79 Å². The predicted octanol–water partition coefficient (Wildman–Crippen LogP) is 3.71. The number of benzene rings is 1. The summed E-state index contributed by atoms with van der Waals surface area (Å²) in [6.45, 7) is 4.19. The van der Waals surface area contributed by atoms with Gasteiger partial charge in [-0.15, -0.1) is 0 Å². The minimum absolute atomic E-state index is 0.0865. The Kier molecular flexibility index (Phi) is 5.93. The van der Waals surface area contributed by atoms with E-state index in [2.05, 4.69) is 25.2 Å². The number of nitriles is 1. The van der Waals surface area contributed by atoms with Crippen molar-refractivity contribution in [3.8, 4) is 6.07 Å². The number of nitrogens with zero attached hydrogens (tertiary/aromatic N) is 1. The van der Waals surface area contributed by atoms with Gasteiger partial charge in [-0.1, -0.05) is 26.7 Å². The van der Waals surface area contributed by atoms with Gasteiger partial charge < -0.3 is 5.32 Å². The summed E-state index contributed by atoms with van der Waals surface area (Å²) in [5.74, 6) is 0.180. The molecular weight excluding hydrogens is 224 g/mol. The highest BCUT2D eigenvalue weighted by molar-refractivity contribution is 5.92. The van der Waals surface area contributed by atoms with Crippen LogP contribution in [0, 0.1) is 17.2 Å². The zero-order valence-electron chi connectivity index (χ0n) is 11.1. The molecule has 0 atom stereocenters. The summed E-state index contributed by atoms with van der Waals surface area (Å²) in [6.07, 6.45) is 3.89. The molecule has 1 amide bonds. The number of carbonyl (C=O) groups is 1. The molecule has 96 valence electrons. The minimum Gasteiger partial charge on any atom is -0.326 e. The quantitative estimate of drug-likeness (QED) is 0.829. The number of hydrogen-bond acceptors (Lipinski definition) is 2. The van der Waals surface area contributed by atoms with Gasteiger partial charge in [0.15, 0.2) is 0 Å². The summed E-state index contributed by atoms with van der Waals surface area (Å²) in [6, 6.07) is 9.02. The van der Waals surface area contributed by atoms with Gasteiger partial charge in [-0.05, 0) is 37.1 Å². The maximum Gasteiger partial charge on any atom is 0.227 e. The van der Waals surface area contributed by atoms with Crippen molar-refractivity contribution >= 4 is 11.6 Å². The van der Waals surface area contributed by atoms with E-state index in [9.17, 15) is 4.79 Å². The topological polar surface area (TPSA) is 52.9 Å². The predicted molar refractivity (Wildman–Crippen MR) is 73.1 cm³/mol. The van der Waals surface area contributed by atoms with Gasteiger partial charge in [-0.2, -0.15) is 5.26 Å². The third kappa shape index (κ3) is 4.21. The molecular formula is C15H20N2O. The second-order valence-corrected chi connectivity index (χ2v) is 4.45. The Morgan fingerprint density at radius 2 is 1.78 bits per heavy atom. The first-order valence-corrected chi connectivity index (χ1v) is 6.52. The van der Waals surface area contributed by atoms with Crippen LogP contribution in [0.25, 0.3) is 0 Å². The van der Waals surface area contributed by atoms with Crippen LogP contribution in [0.3, 0.4) is 0 Å². The van der Waals surface area contributed by atoms with Gasteiger partial charge in [0.1, 0.15) is 0 Å². The molecule has 0 aliphatic carbocycles. The Bertz CT molecular complexity index is 411. The van der Waals surface area contributed by atoms with Crippen LogP contribution >= 0.6 is 0 Å². The van der Waals surface area contributed by atoms with Crippen LogP contribution in [-0.2, 0) is 4.79 Å². The van der Waals surface area contributed by atoms with Crippen LogP contribution in [0.1, 0.15) is 45.1 Å². The maximum absolute atomic E-state index is 12.1. The van der Waals surface area contributed by atoms with Crippen molar-refractivity contribution in [2.75, 3.05) is 5.32 Å². The van der Waals surface area contributed by atoms with E-state index in [-0.39, 0.29) is 11.8 Å². The van der Waals surface area contributed by atoms with Crippen molar-refractivity contribution in [2.24, 2.45) is 5.92 Å². The van der Waals surface area contributed by atoms with Gasteiger partial charge in [0.05, 0.1) is 11.6 Å². The monoisotopic (exact) mass is 244 g/mol. The molecule has 1 aromatic carbocycles. The molecule has 0 saturated carbocycles. The Morgan fingerprint density at radius 3 is 2.22 bits per heavy atom. The van der Waals surface area contributed by atoms with Crippen LogP contribution in [-0.4, -0.2) is 5.91 Å². The van der Waals surface area contributed by atoms with Gasteiger partial charge in [-0.25, -0.2) is 0 Å². The van der Waals surface area contributed by atoms with E-state index in [1.165, 1.54) is 0 Å². The minimum atomic E-state index is 0.0865. The zero-order chi connectivity index (χ0) is 13.4. The van der Waals surface area contributed by atoms with Crippen LogP contribution in [0.5, 0.6) is 0 Å². The van der Waals surface area contributed by atoms with Crippen LogP contribution in [0.15, 0.2) is 24.3 Å². The van der Waals surface area contributed by atoms with E-state index in [0.717, 1.165) is 31.4 Å². The molecule has 3 heteroatoms. The summed E-state index contributed by atoms with van der Waals surface area (Å²) >= 11 is 0. The van der Waals surface area contributed by atoms with E-state index in [1.54, 1.807) is 24.3 Å². The second kappa shape index (κ2) is 7.50. The highest BCUT2D eigenvalue weighted by atomic mass is 16.1. The van der Waals surface area contributed by atoms with Crippen molar-refractivity contribution in [1.82, 2.24) is 0 Å². The molecule has 0 heterocycles. The van der Waals surface area contributed by atoms with Crippen LogP contribution < -0.4 is 5.32 Å². The highest BCUT2D eigenvalue weighted by Crippen LogP contribution is 2.17. The average molecular weight is 244 g/mol. The Labute approximate surface area is 109 Å². The number of rotatable bonds is 6. The lowest BCUT2D eigenvalue weighted by atomic mass is 9.97. The van der Waals surface area contributed by atoms with Gasteiger partial charge >= 0.3 is 0 Å². The molecule has 3 nitrogen and oxygen atoms in total. The summed E-state index contributed by atoms with van der Waals surface area (Å²) in [7, 11) is 0. The molecule has 0 aliphatic heterocycles. The van der Waals surface area contributed by atoms with Crippen molar-refractivity contribution in [2.45, 2.75) is 39.5 Å². The molecule has 0 fully saturated rings. The zero-order valence-corrected chi connectivity index (χ0v) is 11.1. The molecule has 0 radical (unpaired) electrons. The molecule has 0 aromatic heterocycles. The van der Waals surface area contributed by atoms with E-state index in [1.807, 2.05) is 0 Å². The Morgan fingerprint density at radius 1 is 1.22 bits per heavy atom. The maximum atomic E-state index is 12.1. The van der Waals surface area contributed by atoms with E-state index < -0.39 is 0 Å². The number of anilines is 1. The fraction of sp³-hybridized carbons (Fsp3) is 0.467. The summed E-state index contributed by atoms with van der Waals surface area (Å²) in [5.41, 5.74) is 1.36. The molecule has 1 rings (SSSR count). The molecule has 0 spiro atoms. The fourth-order valence-corrected chi connectivity index (χ4v) is 1.98. The SMILES string of the molecule is CCCC(CCC)C(=O)Nc1ccc(C#N)cc1. The molecule has 1 aromatic rings. The Hall–Kier alpha value is -1.82. The smallest absolute Gasteiger partial charge is 0.227 e. The van der Waals surface area contributed by atoms with E-state index in [0.29, 0.717) is 5.56 Å². The first kappa shape index (κ1) is 14.2. The number of nitrogens with one attached hydrogen (secondary N) is 1. The molecule has 18 heavy (non-hydrogen) atoms. The molecule has 0 unspecified atom stereocenters. The van der Waals surface area contributed by atoms with Crippen LogP contribution in [0.2, 0.25) is 0 Å². The van der Waals surface area contributed by atoms with Crippen molar-refractivity contribution in [1.29, 1.82) is 5.26 Å². The first-order chi connectivity index (χ1) is 8.71. The largest absolute Gasteiger partial charge is 0.326 e. The van der Waals surface area contributed by atoms with Gasteiger partial charge in [0, 0.05) is 11.6 Å².